The number of benzene rings is 1. The van der Waals surface area contributed by atoms with Crippen LogP contribution in [-0.4, -0.2) is 30.5 Å². The summed E-state index contributed by atoms with van der Waals surface area (Å²) in [5.74, 6) is 0.917. The van der Waals surface area contributed by atoms with Crippen molar-refractivity contribution in [2.75, 3.05) is 19.6 Å². The van der Waals surface area contributed by atoms with E-state index in [1.807, 2.05) is 25.1 Å². The number of aromatic nitrogens is 1. The van der Waals surface area contributed by atoms with E-state index < -0.39 is 0 Å². The summed E-state index contributed by atoms with van der Waals surface area (Å²) in [6.45, 7) is 4.40. The molecule has 22 heavy (non-hydrogen) atoms. The first kappa shape index (κ1) is 16.8. The number of nitrogens with zero attached hydrogens (tertiary/aromatic N) is 1. The van der Waals surface area contributed by atoms with Crippen LogP contribution < -0.4 is 10.6 Å². The van der Waals surface area contributed by atoms with E-state index in [0.29, 0.717) is 18.9 Å². The van der Waals surface area contributed by atoms with Crippen molar-refractivity contribution in [2.45, 2.75) is 26.2 Å². The third-order valence-electron chi connectivity index (χ3n) is 3.97. The molecule has 2 N–H and O–H groups in total. The molecule has 1 aromatic carbocycles. The minimum absolute atomic E-state index is 0. The number of carbonyl (C=O) groups is 1. The quantitative estimate of drug-likeness (QED) is 0.905. The number of rotatable bonds is 4. The van der Waals surface area contributed by atoms with Crippen molar-refractivity contribution in [1.29, 1.82) is 0 Å². The van der Waals surface area contributed by atoms with E-state index in [4.69, 9.17) is 4.42 Å². The molecule has 0 spiro atoms. The minimum atomic E-state index is 0. The number of carbonyl (C=O) groups excluding carboxylic acids is 1. The number of fused-ring (bicyclic) bond motifs is 1. The van der Waals surface area contributed by atoms with Gasteiger partial charge in [-0.3, -0.25) is 4.79 Å². The second-order valence-corrected chi connectivity index (χ2v) is 5.61. The first-order valence-electron chi connectivity index (χ1n) is 7.57. The topological polar surface area (TPSA) is 67.2 Å². The molecule has 1 aliphatic rings. The fourth-order valence-corrected chi connectivity index (χ4v) is 2.75. The highest BCUT2D eigenvalue weighted by Gasteiger charge is 2.20. The van der Waals surface area contributed by atoms with Crippen molar-refractivity contribution in [1.82, 2.24) is 15.6 Å². The van der Waals surface area contributed by atoms with Crippen molar-refractivity contribution in [2.24, 2.45) is 5.92 Å². The van der Waals surface area contributed by atoms with Gasteiger partial charge in [-0.2, -0.15) is 0 Å². The molecule has 6 heteroatoms. The lowest BCUT2D eigenvalue weighted by Crippen LogP contribution is -2.41. The largest absolute Gasteiger partial charge is 0.441 e. The molecule has 1 amide bonds. The average Bonchev–Trinajstić information content (AvgIpc) is 2.92. The van der Waals surface area contributed by atoms with Crippen molar-refractivity contribution in [3.8, 4) is 0 Å². The second-order valence-electron chi connectivity index (χ2n) is 5.61. The molecule has 1 fully saturated rings. The predicted octanol–water partition coefficient (Wildman–Crippen LogP) is 2.22. The Bertz CT molecular complexity index is 635. The van der Waals surface area contributed by atoms with Crippen LogP contribution in [0, 0.1) is 12.8 Å². The van der Waals surface area contributed by atoms with E-state index in [9.17, 15) is 4.79 Å². The van der Waals surface area contributed by atoms with Crippen LogP contribution in [0.3, 0.4) is 0 Å². The average molecular weight is 324 g/mol. The standard InChI is InChI=1S/C16H21N3O2.ClH/c1-11-4-2-6-13-15(11)19-14(21-13)7-9-18-16(20)12-5-3-8-17-10-12;/h2,4,6,12,17H,3,5,7-10H2,1H3,(H,18,20);1H. The van der Waals surface area contributed by atoms with Gasteiger partial charge in [0, 0.05) is 19.5 Å². The maximum absolute atomic E-state index is 12.0. The van der Waals surface area contributed by atoms with Crippen LogP contribution in [0.15, 0.2) is 22.6 Å². The van der Waals surface area contributed by atoms with Gasteiger partial charge in [0.25, 0.3) is 0 Å². The van der Waals surface area contributed by atoms with Gasteiger partial charge in [0.2, 0.25) is 5.91 Å². The lowest BCUT2D eigenvalue weighted by molar-refractivity contribution is -0.125. The fraction of sp³-hybridized carbons (Fsp3) is 0.500. The fourth-order valence-electron chi connectivity index (χ4n) is 2.75. The maximum atomic E-state index is 12.0. The summed E-state index contributed by atoms with van der Waals surface area (Å²) < 4.78 is 5.70. The molecular weight excluding hydrogens is 302 g/mol. The molecule has 1 unspecified atom stereocenters. The highest BCUT2D eigenvalue weighted by molar-refractivity contribution is 5.85. The highest BCUT2D eigenvalue weighted by atomic mass is 35.5. The summed E-state index contributed by atoms with van der Waals surface area (Å²) in [4.78, 5) is 16.5. The number of nitrogens with one attached hydrogen (secondary N) is 2. The monoisotopic (exact) mass is 323 g/mol. The Morgan fingerprint density at radius 2 is 2.36 bits per heavy atom. The Hall–Kier alpha value is -1.59. The molecule has 5 nitrogen and oxygen atoms in total. The Morgan fingerprint density at radius 3 is 3.09 bits per heavy atom. The molecule has 1 atom stereocenters. The van der Waals surface area contributed by atoms with Gasteiger partial charge in [0.15, 0.2) is 11.5 Å². The molecule has 2 heterocycles. The minimum Gasteiger partial charge on any atom is -0.441 e. The highest BCUT2D eigenvalue weighted by Crippen LogP contribution is 2.19. The van der Waals surface area contributed by atoms with Crippen LogP contribution in [0.5, 0.6) is 0 Å². The summed E-state index contributed by atoms with van der Waals surface area (Å²) >= 11 is 0. The van der Waals surface area contributed by atoms with Gasteiger partial charge < -0.3 is 15.1 Å². The number of hydrogen-bond acceptors (Lipinski definition) is 4. The zero-order valence-corrected chi connectivity index (χ0v) is 13.5. The third-order valence-corrected chi connectivity index (χ3v) is 3.97. The number of halogens is 1. The van der Waals surface area contributed by atoms with Gasteiger partial charge in [0.1, 0.15) is 5.52 Å². The summed E-state index contributed by atoms with van der Waals surface area (Å²) in [5.41, 5.74) is 2.84. The molecule has 0 bridgehead atoms. The summed E-state index contributed by atoms with van der Waals surface area (Å²) in [6, 6.07) is 5.90. The molecule has 0 saturated carbocycles. The Balaban J connectivity index is 0.00000176. The molecule has 3 rings (SSSR count). The van der Waals surface area contributed by atoms with E-state index in [-0.39, 0.29) is 24.2 Å². The molecule has 0 radical (unpaired) electrons. The van der Waals surface area contributed by atoms with Crippen molar-refractivity contribution >= 4 is 29.4 Å². The van der Waals surface area contributed by atoms with E-state index in [1.165, 1.54) is 0 Å². The number of oxazole rings is 1. The zero-order valence-electron chi connectivity index (χ0n) is 12.7. The van der Waals surface area contributed by atoms with Crippen LogP contribution in [-0.2, 0) is 11.2 Å². The number of aryl methyl sites for hydroxylation is 1. The first-order valence-corrected chi connectivity index (χ1v) is 7.57. The van der Waals surface area contributed by atoms with Gasteiger partial charge in [0.05, 0.1) is 5.92 Å². The molecule has 1 aliphatic heterocycles. The van der Waals surface area contributed by atoms with Gasteiger partial charge in [-0.1, -0.05) is 12.1 Å². The summed E-state index contributed by atoms with van der Waals surface area (Å²) in [5, 5.41) is 6.24. The molecule has 1 saturated heterocycles. The molecule has 2 aromatic rings. The predicted molar refractivity (Wildman–Crippen MR) is 88.3 cm³/mol. The lowest BCUT2D eigenvalue weighted by atomic mass is 9.99. The Morgan fingerprint density at radius 1 is 1.50 bits per heavy atom. The summed E-state index contributed by atoms with van der Waals surface area (Å²) in [7, 11) is 0. The number of para-hydroxylation sites is 1. The summed E-state index contributed by atoms with van der Waals surface area (Å²) in [6.07, 6.45) is 2.67. The smallest absolute Gasteiger partial charge is 0.224 e. The van der Waals surface area contributed by atoms with E-state index >= 15 is 0 Å². The van der Waals surface area contributed by atoms with Gasteiger partial charge >= 0.3 is 0 Å². The van der Waals surface area contributed by atoms with Crippen LogP contribution in [0.4, 0.5) is 0 Å². The van der Waals surface area contributed by atoms with Crippen LogP contribution in [0.25, 0.3) is 11.1 Å². The van der Waals surface area contributed by atoms with Crippen molar-refractivity contribution in [3.63, 3.8) is 0 Å². The van der Waals surface area contributed by atoms with Gasteiger partial charge in [-0.05, 0) is 37.9 Å². The van der Waals surface area contributed by atoms with Crippen molar-refractivity contribution in [3.05, 3.63) is 29.7 Å². The molecule has 1 aromatic heterocycles. The SMILES string of the molecule is Cc1cccc2oc(CCNC(=O)C3CCCNC3)nc12.Cl. The van der Waals surface area contributed by atoms with E-state index in [0.717, 1.165) is 42.6 Å². The Labute approximate surface area is 136 Å². The number of piperidine rings is 1. The molecular formula is C16H22ClN3O2. The normalized spacial score (nSPS) is 18.0. The van der Waals surface area contributed by atoms with Gasteiger partial charge in [-0.25, -0.2) is 4.98 Å². The van der Waals surface area contributed by atoms with Crippen LogP contribution >= 0.6 is 12.4 Å². The van der Waals surface area contributed by atoms with E-state index in [1.54, 1.807) is 0 Å². The third kappa shape index (κ3) is 3.78. The Kier molecular flexibility index (Phi) is 5.80. The van der Waals surface area contributed by atoms with Gasteiger partial charge in [-0.15, -0.1) is 12.4 Å². The number of amides is 1. The first-order chi connectivity index (χ1) is 10.2. The van der Waals surface area contributed by atoms with Crippen molar-refractivity contribution < 1.29 is 9.21 Å². The van der Waals surface area contributed by atoms with E-state index in [2.05, 4.69) is 15.6 Å². The van der Waals surface area contributed by atoms with Crippen LogP contribution in [0.1, 0.15) is 24.3 Å². The van der Waals surface area contributed by atoms with Crippen LogP contribution in [0.2, 0.25) is 0 Å². The lowest BCUT2D eigenvalue weighted by Gasteiger charge is -2.21. The second kappa shape index (κ2) is 7.61. The molecule has 120 valence electrons. The molecule has 0 aliphatic carbocycles. The maximum Gasteiger partial charge on any atom is 0.224 e. The number of hydrogen-bond donors (Lipinski definition) is 2. The zero-order chi connectivity index (χ0) is 14.7.